The van der Waals surface area contributed by atoms with Crippen molar-refractivity contribution in [1.29, 1.82) is 0 Å². The number of nitrogens with one attached hydrogen (secondary N) is 1. The van der Waals surface area contributed by atoms with Gasteiger partial charge in [-0.3, -0.25) is 10.1 Å². The van der Waals surface area contributed by atoms with E-state index in [2.05, 4.69) is 10.3 Å². The summed E-state index contributed by atoms with van der Waals surface area (Å²) in [6, 6.07) is 2.75. The smallest absolute Gasteiger partial charge is 0.433 e. The molecule has 0 aliphatic heterocycles. The van der Waals surface area contributed by atoms with E-state index in [0.717, 1.165) is 0 Å². The molecule has 1 N–H and O–H groups in total. The van der Waals surface area contributed by atoms with Crippen LogP contribution in [0.4, 0.5) is 5.88 Å². The van der Waals surface area contributed by atoms with Crippen LogP contribution in [0.15, 0.2) is 27.2 Å². The van der Waals surface area contributed by atoms with E-state index >= 15 is 0 Å². The molecule has 0 radical (unpaired) electrons. The van der Waals surface area contributed by atoms with Crippen LogP contribution in [0.25, 0.3) is 11.5 Å². The third-order valence-corrected chi connectivity index (χ3v) is 1.90. The van der Waals surface area contributed by atoms with E-state index in [1.807, 2.05) is 0 Å². The summed E-state index contributed by atoms with van der Waals surface area (Å²) >= 11 is 0. The second-order valence-corrected chi connectivity index (χ2v) is 3.04. The van der Waals surface area contributed by atoms with Crippen molar-refractivity contribution < 1.29 is 13.8 Å². The number of nitro groups is 1. The van der Waals surface area contributed by atoms with Crippen molar-refractivity contribution >= 4 is 5.88 Å². The Morgan fingerprint density at radius 3 is 2.88 bits per heavy atom. The molecular formula is C9H9N3O4. The number of hydrogen-bond donors (Lipinski definition) is 1. The minimum absolute atomic E-state index is 0.293. The highest BCUT2D eigenvalue weighted by molar-refractivity contribution is 5.50. The molecule has 0 fully saturated rings. The van der Waals surface area contributed by atoms with Gasteiger partial charge in [-0.2, -0.15) is 0 Å². The lowest BCUT2D eigenvalue weighted by atomic mass is 10.4. The van der Waals surface area contributed by atoms with Gasteiger partial charge >= 0.3 is 5.88 Å². The van der Waals surface area contributed by atoms with Gasteiger partial charge < -0.3 is 14.2 Å². The van der Waals surface area contributed by atoms with Crippen LogP contribution in [0.5, 0.6) is 0 Å². The monoisotopic (exact) mass is 223 g/mol. The fraction of sp³-hybridized carbons (Fsp3) is 0.222. The molecule has 84 valence electrons. The van der Waals surface area contributed by atoms with Gasteiger partial charge in [0.25, 0.3) is 0 Å². The summed E-state index contributed by atoms with van der Waals surface area (Å²) in [5.74, 6) is 0.845. The first-order chi connectivity index (χ1) is 7.70. The fourth-order valence-corrected chi connectivity index (χ4v) is 1.22. The molecule has 2 aromatic rings. The summed E-state index contributed by atoms with van der Waals surface area (Å²) in [5, 5.41) is 13.3. The van der Waals surface area contributed by atoms with Crippen LogP contribution in [-0.2, 0) is 6.54 Å². The fourth-order valence-electron chi connectivity index (χ4n) is 1.22. The van der Waals surface area contributed by atoms with E-state index in [9.17, 15) is 10.1 Å². The molecule has 0 aromatic carbocycles. The number of aromatic nitrogens is 1. The average molecular weight is 223 g/mol. The number of furan rings is 1. The van der Waals surface area contributed by atoms with Gasteiger partial charge in [0.15, 0.2) is 11.5 Å². The summed E-state index contributed by atoms with van der Waals surface area (Å²) in [5.41, 5.74) is 0. The lowest BCUT2D eigenvalue weighted by Gasteiger charge is -1.90. The third-order valence-electron chi connectivity index (χ3n) is 1.90. The molecule has 7 heteroatoms. The van der Waals surface area contributed by atoms with Gasteiger partial charge in [0.1, 0.15) is 4.92 Å². The van der Waals surface area contributed by atoms with Crippen molar-refractivity contribution in [2.24, 2.45) is 0 Å². The van der Waals surface area contributed by atoms with Crippen molar-refractivity contribution in [1.82, 2.24) is 10.3 Å². The third kappa shape index (κ3) is 1.94. The van der Waals surface area contributed by atoms with Crippen molar-refractivity contribution in [3.8, 4) is 11.5 Å². The minimum atomic E-state index is -0.603. The lowest BCUT2D eigenvalue weighted by Crippen LogP contribution is -2.04. The molecule has 2 heterocycles. The van der Waals surface area contributed by atoms with Crippen LogP contribution in [0.1, 0.15) is 5.89 Å². The van der Waals surface area contributed by atoms with Gasteiger partial charge in [0.05, 0.1) is 18.8 Å². The molecule has 0 aliphatic rings. The van der Waals surface area contributed by atoms with Gasteiger partial charge in [-0.25, -0.2) is 4.98 Å². The van der Waals surface area contributed by atoms with Crippen molar-refractivity contribution in [2.45, 2.75) is 6.54 Å². The summed E-state index contributed by atoms with van der Waals surface area (Å²) < 4.78 is 10.3. The van der Waals surface area contributed by atoms with Crippen molar-refractivity contribution in [2.75, 3.05) is 7.05 Å². The summed E-state index contributed by atoms with van der Waals surface area (Å²) in [4.78, 5) is 13.8. The van der Waals surface area contributed by atoms with Gasteiger partial charge in [0, 0.05) is 0 Å². The molecule has 0 amide bonds. The zero-order valence-corrected chi connectivity index (χ0v) is 8.47. The maximum atomic E-state index is 10.4. The Bertz CT molecular complexity index is 502. The molecule has 0 spiro atoms. The molecule has 2 rings (SSSR count). The minimum Gasteiger partial charge on any atom is -0.436 e. The molecule has 2 aromatic heterocycles. The SMILES string of the molecule is CNCc1ncc(-c2ccc([N+](=O)[O-])o2)o1. The molecular weight excluding hydrogens is 214 g/mol. The van der Waals surface area contributed by atoms with Crippen LogP contribution in [0.2, 0.25) is 0 Å². The standard InChI is InChI=1S/C9H9N3O4/c1-10-5-8-11-4-7(15-8)6-2-3-9(16-6)12(13)14/h2-4,10H,5H2,1H3. The summed E-state index contributed by atoms with van der Waals surface area (Å²) in [7, 11) is 1.77. The first kappa shape index (κ1) is 10.4. The van der Waals surface area contributed by atoms with E-state index < -0.39 is 4.92 Å². The Balaban J connectivity index is 2.24. The maximum absolute atomic E-state index is 10.4. The Morgan fingerprint density at radius 1 is 1.44 bits per heavy atom. The van der Waals surface area contributed by atoms with E-state index in [0.29, 0.717) is 24.0 Å². The highest BCUT2D eigenvalue weighted by atomic mass is 16.6. The number of hydrogen-bond acceptors (Lipinski definition) is 6. The molecule has 0 saturated heterocycles. The van der Waals surface area contributed by atoms with E-state index in [4.69, 9.17) is 8.83 Å². The zero-order chi connectivity index (χ0) is 11.5. The molecule has 7 nitrogen and oxygen atoms in total. The van der Waals surface area contributed by atoms with Crippen LogP contribution in [0.3, 0.4) is 0 Å². The summed E-state index contributed by atoms with van der Waals surface area (Å²) in [6.07, 6.45) is 1.47. The average Bonchev–Trinajstić information content (AvgIpc) is 2.84. The van der Waals surface area contributed by atoms with Gasteiger partial charge in [0.2, 0.25) is 5.89 Å². The lowest BCUT2D eigenvalue weighted by molar-refractivity contribution is -0.401. The number of oxazole rings is 1. The van der Waals surface area contributed by atoms with Crippen molar-refractivity contribution in [3.63, 3.8) is 0 Å². The van der Waals surface area contributed by atoms with Gasteiger partial charge in [-0.05, 0) is 13.1 Å². The zero-order valence-electron chi connectivity index (χ0n) is 8.47. The molecule has 16 heavy (non-hydrogen) atoms. The second kappa shape index (κ2) is 4.15. The number of rotatable bonds is 4. The normalized spacial score (nSPS) is 10.6. The number of nitrogens with zero attached hydrogens (tertiary/aromatic N) is 2. The Labute approximate surface area is 90.2 Å². The van der Waals surface area contributed by atoms with E-state index in [-0.39, 0.29) is 5.88 Å². The second-order valence-electron chi connectivity index (χ2n) is 3.04. The van der Waals surface area contributed by atoms with Gasteiger partial charge in [-0.1, -0.05) is 0 Å². The Hall–Kier alpha value is -2.15. The first-order valence-corrected chi connectivity index (χ1v) is 4.54. The van der Waals surface area contributed by atoms with E-state index in [1.165, 1.54) is 18.3 Å². The molecule has 0 bridgehead atoms. The molecule has 0 unspecified atom stereocenters. The highest BCUT2D eigenvalue weighted by Crippen LogP contribution is 2.26. The van der Waals surface area contributed by atoms with Crippen LogP contribution >= 0.6 is 0 Å². The van der Waals surface area contributed by atoms with Crippen LogP contribution < -0.4 is 5.32 Å². The van der Waals surface area contributed by atoms with Crippen LogP contribution in [0, 0.1) is 10.1 Å². The highest BCUT2D eigenvalue weighted by Gasteiger charge is 2.15. The first-order valence-electron chi connectivity index (χ1n) is 4.54. The predicted molar refractivity (Wildman–Crippen MR) is 53.6 cm³/mol. The topological polar surface area (TPSA) is 94.3 Å². The Morgan fingerprint density at radius 2 is 2.25 bits per heavy atom. The van der Waals surface area contributed by atoms with Crippen LogP contribution in [-0.4, -0.2) is 17.0 Å². The van der Waals surface area contributed by atoms with E-state index in [1.54, 1.807) is 7.05 Å². The summed E-state index contributed by atoms with van der Waals surface area (Å²) in [6.45, 7) is 0.489. The van der Waals surface area contributed by atoms with Crippen molar-refractivity contribution in [3.05, 3.63) is 34.3 Å². The molecule has 0 aliphatic carbocycles. The quantitative estimate of drug-likeness (QED) is 0.624. The largest absolute Gasteiger partial charge is 0.436 e. The molecule has 0 saturated carbocycles. The van der Waals surface area contributed by atoms with Gasteiger partial charge in [-0.15, -0.1) is 0 Å². The Kier molecular flexibility index (Phi) is 2.69. The maximum Gasteiger partial charge on any atom is 0.433 e. The molecule has 0 atom stereocenters. The predicted octanol–water partition coefficient (Wildman–Crippen LogP) is 1.56.